The maximum atomic E-state index is 13.2. The van der Waals surface area contributed by atoms with E-state index >= 15 is 0 Å². The van der Waals surface area contributed by atoms with Crippen molar-refractivity contribution in [1.82, 2.24) is 10.3 Å². The Hall–Kier alpha value is -1.74. The van der Waals surface area contributed by atoms with Gasteiger partial charge in [0.1, 0.15) is 5.82 Å². The van der Waals surface area contributed by atoms with E-state index in [0.29, 0.717) is 0 Å². The van der Waals surface area contributed by atoms with Crippen molar-refractivity contribution in [2.75, 3.05) is 0 Å². The maximum Gasteiger partial charge on any atom is 0.141 e. The summed E-state index contributed by atoms with van der Waals surface area (Å²) in [7, 11) is 0. The first-order valence-corrected chi connectivity index (χ1v) is 7.03. The second kappa shape index (κ2) is 6.62. The Bertz CT molecular complexity index is 551. The van der Waals surface area contributed by atoms with E-state index in [4.69, 9.17) is 0 Å². The predicted molar refractivity (Wildman–Crippen MR) is 80.0 cm³/mol. The lowest BCUT2D eigenvalue weighted by molar-refractivity contribution is 0.453. The van der Waals surface area contributed by atoms with Crippen LogP contribution in [0.4, 0.5) is 4.39 Å². The normalized spacial score (nSPS) is 14.0. The number of rotatable bonds is 5. The first-order valence-electron chi connectivity index (χ1n) is 7.03. The summed E-state index contributed by atoms with van der Waals surface area (Å²) >= 11 is 0. The molecule has 3 heteroatoms. The van der Waals surface area contributed by atoms with Crippen molar-refractivity contribution in [3.63, 3.8) is 0 Å². The highest BCUT2D eigenvalue weighted by Gasteiger charge is 2.14. The third-order valence-electron chi connectivity index (χ3n) is 3.57. The smallest absolute Gasteiger partial charge is 0.141 e. The van der Waals surface area contributed by atoms with Gasteiger partial charge in [-0.2, -0.15) is 0 Å². The number of aryl methyl sites for hydroxylation is 1. The molecule has 0 bridgehead atoms. The summed E-state index contributed by atoms with van der Waals surface area (Å²) in [5, 5.41) is 3.54. The van der Waals surface area contributed by atoms with Crippen molar-refractivity contribution in [3.05, 3.63) is 65.2 Å². The van der Waals surface area contributed by atoms with E-state index in [0.717, 1.165) is 12.0 Å². The number of pyridine rings is 1. The Kier molecular flexibility index (Phi) is 4.85. The van der Waals surface area contributed by atoms with Crippen LogP contribution in [-0.2, 0) is 0 Å². The van der Waals surface area contributed by atoms with E-state index in [1.54, 1.807) is 6.20 Å². The van der Waals surface area contributed by atoms with E-state index in [2.05, 4.69) is 48.4 Å². The van der Waals surface area contributed by atoms with Crippen LogP contribution in [0.3, 0.4) is 0 Å². The molecular weight excluding hydrogens is 251 g/mol. The molecule has 0 saturated heterocycles. The number of benzene rings is 1. The molecule has 2 rings (SSSR count). The number of aromatic nitrogens is 1. The van der Waals surface area contributed by atoms with Crippen LogP contribution in [0.5, 0.6) is 0 Å². The van der Waals surface area contributed by atoms with Gasteiger partial charge in [-0.1, -0.05) is 36.8 Å². The molecule has 0 aliphatic heterocycles. The third kappa shape index (κ3) is 3.64. The van der Waals surface area contributed by atoms with Crippen molar-refractivity contribution in [2.24, 2.45) is 0 Å². The van der Waals surface area contributed by atoms with Crippen molar-refractivity contribution in [3.8, 4) is 0 Å². The molecule has 20 heavy (non-hydrogen) atoms. The highest BCUT2D eigenvalue weighted by Crippen LogP contribution is 2.22. The summed E-state index contributed by atoms with van der Waals surface area (Å²) in [4.78, 5) is 3.91. The van der Waals surface area contributed by atoms with Crippen LogP contribution in [0, 0.1) is 12.7 Å². The lowest BCUT2D eigenvalue weighted by Gasteiger charge is -2.23. The molecule has 1 aromatic heterocycles. The zero-order valence-electron chi connectivity index (χ0n) is 12.2. The second-order valence-corrected chi connectivity index (χ2v) is 5.20. The van der Waals surface area contributed by atoms with Gasteiger partial charge >= 0.3 is 0 Å². The van der Waals surface area contributed by atoms with E-state index in [-0.39, 0.29) is 17.9 Å². The van der Waals surface area contributed by atoms with Crippen molar-refractivity contribution >= 4 is 0 Å². The highest BCUT2D eigenvalue weighted by molar-refractivity contribution is 5.25. The molecule has 106 valence electrons. The molecule has 0 spiro atoms. The minimum atomic E-state index is -0.292. The number of halogens is 1. The van der Waals surface area contributed by atoms with Crippen LogP contribution in [0.1, 0.15) is 49.0 Å². The summed E-state index contributed by atoms with van der Waals surface area (Å²) in [5.74, 6) is -0.292. The summed E-state index contributed by atoms with van der Waals surface area (Å²) in [6.07, 6.45) is 3.92. The average Bonchev–Trinajstić information content (AvgIpc) is 2.45. The topological polar surface area (TPSA) is 24.9 Å². The first-order chi connectivity index (χ1) is 9.60. The molecule has 0 aliphatic carbocycles. The van der Waals surface area contributed by atoms with E-state index < -0.39 is 0 Å². The number of nitrogens with one attached hydrogen (secondary N) is 1. The van der Waals surface area contributed by atoms with Crippen LogP contribution in [0.2, 0.25) is 0 Å². The molecule has 0 fully saturated rings. The summed E-state index contributed by atoms with van der Waals surface area (Å²) in [6.45, 7) is 6.26. The minimum Gasteiger partial charge on any atom is -0.303 e. The maximum absolute atomic E-state index is 13.2. The largest absolute Gasteiger partial charge is 0.303 e. The molecule has 0 radical (unpaired) electrons. The second-order valence-electron chi connectivity index (χ2n) is 5.20. The average molecular weight is 272 g/mol. The minimum absolute atomic E-state index is 0.0597. The van der Waals surface area contributed by atoms with E-state index in [1.165, 1.54) is 23.4 Å². The fraction of sp³-hybridized carbons (Fsp3) is 0.353. The van der Waals surface area contributed by atoms with Crippen LogP contribution in [-0.4, -0.2) is 4.98 Å². The molecule has 1 heterocycles. The Labute approximate surface area is 120 Å². The SMILES string of the molecule is CCC(NC(C)c1cncc(F)c1)c1ccc(C)cc1. The lowest BCUT2D eigenvalue weighted by atomic mass is 10.0. The number of nitrogens with zero attached hydrogens (tertiary/aromatic N) is 1. The van der Waals surface area contributed by atoms with Gasteiger partial charge in [-0.05, 0) is 37.5 Å². The van der Waals surface area contributed by atoms with Gasteiger partial charge in [0.25, 0.3) is 0 Å². The van der Waals surface area contributed by atoms with Gasteiger partial charge in [-0.15, -0.1) is 0 Å². The first kappa shape index (κ1) is 14.7. The zero-order valence-corrected chi connectivity index (χ0v) is 12.2. The number of hydrogen-bond acceptors (Lipinski definition) is 2. The van der Waals surface area contributed by atoms with Gasteiger partial charge in [-0.3, -0.25) is 4.98 Å². The fourth-order valence-corrected chi connectivity index (χ4v) is 2.31. The highest BCUT2D eigenvalue weighted by atomic mass is 19.1. The molecule has 2 aromatic rings. The van der Waals surface area contributed by atoms with Gasteiger partial charge < -0.3 is 5.32 Å². The van der Waals surface area contributed by atoms with Gasteiger partial charge in [0.05, 0.1) is 6.20 Å². The molecule has 2 nitrogen and oxygen atoms in total. The van der Waals surface area contributed by atoms with Crippen LogP contribution in [0.25, 0.3) is 0 Å². The van der Waals surface area contributed by atoms with Crippen LogP contribution >= 0.6 is 0 Å². The van der Waals surface area contributed by atoms with Gasteiger partial charge in [0.2, 0.25) is 0 Å². The number of hydrogen-bond donors (Lipinski definition) is 1. The molecule has 0 amide bonds. The van der Waals surface area contributed by atoms with E-state index in [1.807, 2.05) is 6.92 Å². The fourth-order valence-electron chi connectivity index (χ4n) is 2.31. The Morgan fingerprint density at radius 1 is 1.15 bits per heavy atom. The van der Waals surface area contributed by atoms with Crippen molar-refractivity contribution in [1.29, 1.82) is 0 Å². The molecule has 0 saturated carbocycles. The molecule has 1 aromatic carbocycles. The lowest BCUT2D eigenvalue weighted by Crippen LogP contribution is -2.24. The third-order valence-corrected chi connectivity index (χ3v) is 3.57. The Balaban J connectivity index is 2.11. The summed E-state index contributed by atoms with van der Waals surface area (Å²) < 4.78 is 13.2. The molecule has 0 aliphatic rings. The van der Waals surface area contributed by atoms with E-state index in [9.17, 15) is 4.39 Å². The van der Waals surface area contributed by atoms with Gasteiger partial charge in [-0.25, -0.2) is 4.39 Å². The molecule has 2 unspecified atom stereocenters. The molecule has 2 atom stereocenters. The van der Waals surface area contributed by atoms with Crippen molar-refractivity contribution < 1.29 is 4.39 Å². The van der Waals surface area contributed by atoms with Crippen LogP contribution < -0.4 is 5.32 Å². The van der Waals surface area contributed by atoms with Crippen molar-refractivity contribution in [2.45, 2.75) is 39.3 Å². The molecule has 1 N–H and O–H groups in total. The zero-order chi connectivity index (χ0) is 14.5. The Morgan fingerprint density at radius 2 is 1.85 bits per heavy atom. The standard InChI is InChI=1S/C17H21FN2/c1-4-17(14-7-5-12(2)6-8-14)20-13(3)15-9-16(18)11-19-10-15/h5-11,13,17,20H,4H2,1-3H3. The molecular formula is C17H21FN2. The monoisotopic (exact) mass is 272 g/mol. The Morgan fingerprint density at radius 3 is 2.45 bits per heavy atom. The van der Waals surface area contributed by atoms with Crippen LogP contribution in [0.15, 0.2) is 42.7 Å². The quantitative estimate of drug-likeness (QED) is 0.876. The summed E-state index contributed by atoms with van der Waals surface area (Å²) in [5.41, 5.74) is 3.39. The van der Waals surface area contributed by atoms with Gasteiger partial charge in [0, 0.05) is 18.3 Å². The summed E-state index contributed by atoms with van der Waals surface area (Å²) in [6, 6.07) is 10.4. The predicted octanol–water partition coefficient (Wildman–Crippen LogP) is 4.33. The van der Waals surface area contributed by atoms with Gasteiger partial charge in [0.15, 0.2) is 0 Å².